The summed E-state index contributed by atoms with van der Waals surface area (Å²) in [6.45, 7) is 4.85. The van der Waals surface area contributed by atoms with Crippen molar-refractivity contribution in [2.24, 2.45) is 11.3 Å². The summed E-state index contributed by atoms with van der Waals surface area (Å²) < 4.78 is 0. The first-order valence-electron chi connectivity index (χ1n) is 6.98. The van der Waals surface area contributed by atoms with Crippen LogP contribution in [0.3, 0.4) is 0 Å². The van der Waals surface area contributed by atoms with Gasteiger partial charge in [-0.25, -0.2) is 4.98 Å². The van der Waals surface area contributed by atoms with E-state index in [1.165, 1.54) is 4.88 Å². The molecule has 3 rings (SSSR count). The third kappa shape index (κ3) is 3.89. The molecular weight excluding hydrogens is 329 g/mol. The zero-order valence-corrected chi connectivity index (χ0v) is 14.9. The summed E-state index contributed by atoms with van der Waals surface area (Å²) in [6.07, 6.45) is 5.31. The summed E-state index contributed by atoms with van der Waals surface area (Å²) in [6, 6.07) is 0. The monoisotopic (exact) mass is 351 g/mol. The highest BCUT2D eigenvalue weighted by atomic mass is 35.5. The molecular formula is C14H23Cl2N3OS. The summed E-state index contributed by atoms with van der Waals surface area (Å²) in [5.74, 6) is 0.599. The molecule has 1 N–H and O–H groups in total. The summed E-state index contributed by atoms with van der Waals surface area (Å²) in [5.41, 5.74) is 0.334. The quantitative estimate of drug-likeness (QED) is 0.910. The minimum Gasteiger partial charge on any atom is -0.340 e. The van der Waals surface area contributed by atoms with Gasteiger partial charge < -0.3 is 10.2 Å². The van der Waals surface area contributed by atoms with Gasteiger partial charge in [-0.1, -0.05) is 0 Å². The molecule has 2 aliphatic rings. The van der Waals surface area contributed by atoms with Crippen molar-refractivity contribution in [2.45, 2.75) is 32.7 Å². The number of nitrogens with zero attached hydrogens (tertiary/aromatic N) is 2. The second-order valence-corrected chi connectivity index (χ2v) is 7.23. The number of carbonyl (C=O) groups excluding carboxylic acids is 1. The fourth-order valence-corrected chi connectivity index (χ4v) is 4.08. The van der Waals surface area contributed by atoms with Crippen molar-refractivity contribution in [2.75, 3.05) is 20.1 Å². The molecule has 7 heteroatoms. The maximum absolute atomic E-state index is 12.5. The molecule has 1 saturated carbocycles. The Labute approximate surface area is 142 Å². The second kappa shape index (κ2) is 7.27. The number of halogens is 2. The lowest BCUT2D eigenvalue weighted by molar-refractivity contribution is -0.132. The van der Waals surface area contributed by atoms with E-state index in [-0.39, 0.29) is 30.7 Å². The molecule has 21 heavy (non-hydrogen) atoms. The molecule has 0 radical (unpaired) electrons. The predicted octanol–water partition coefficient (Wildman–Crippen LogP) is 2.64. The maximum Gasteiger partial charge on any atom is 0.226 e. The van der Waals surface area contributed by atoms with Gasteiger partial charge in [0.25, 0.3) is 0 Å². The minimum absolute atomic E-state index is 0. The highest BCUT2D eigenvalue weighted by Crippen LogP contribution is 2.59. The summed E-state index contributed by atoms with van der Waals surface area (Å²) >= 11 is 1.68. The average Bonchev–Trinajstić information content (AvgIpc) is 2.92. The van der Waals surface area contributed by atoms with E-state index in [1.807, 2.05) is 25.1 Å². The van der Waals surface area contributed by atoms with Gasteiger partial charge in [-0.3, -0.25) is 4.79 Å². The lowest BCUT2D eigenvalue weighted by Gasteiger charge is -2.25. The van der Waals surface area contributed by atoms with Crippen LogP contribution in [0.15, 0.2) is 6.20 Å². The number of aromatic nitrogens is 1. The first-order valence-corrected chi connectivity index (χ1v) is 7.79. The van der Waals surface area contributed by atoms with Gasteiger partial charge in [-0.2, -0.15) is 0 Å². The normalized spacial score (nSPS) is 22.1. The number of amides is 1. The molecule has 1 spiro atoms. The van der Waals surface area contributed by atoms with Crippen LogP contribution in [0.4, 0.5) is 0 Å². The molecule has 1 atom stereocenters. The van der Waals surface area contributed by atoms with E-state index >= 15 is 0 Å². The smallest absolute Gasteiger partial charge is 0.226 e. The van der Waals surface area contributed by atoms with E-state index in [9.17, 15) is 4.79 Å². The number of hydrogen-bond donors (Lipinski definition) is 1. The van der Waals surface area contributed by atoms with Gasteiger partial charge in [0.1, 0.15) is 0 Å². The minimum atomic E-state index is 0. The Hall–Kier alpha value is -0.360. The van der Waals surface area contributed by atoms with E-state index in [0.29, 0.717) is 17.9 Å². The Morgan fingerprint density at radius 3 is 2.71 bits per heavy atom. The van der Waals surface area contributed by atoms with Crippen molar-refractivity contribution in [3.05, 3.63) is 16.1 Å². The van der Waals surface area contributed by atoms with Crippen LogP contribution >= 0.6 is 36.2 Å². The zero-order chi connectivity index (χ0) is 13.5. The number of carbonyl (C=O) groups is 1. The second-order valence-electron chi connectivity index (χ2n) is 5.91. The zero-order valence-electron chi connectivity index (χ0n) is 12.4. The molecule has 120 valence electrons. The van der Waals surface area contributed by atoms with Crippen molar-refractivity contribution in [1.82, 2.24) is 15.2 Å². The van der Waals surface area contributed by atoms with E-state index in [4.69, 9.17) is 0 Å². The van der Waals surface area contributed by atoms with Gasteiger partial charge in [-0.05, 0) is 44.7 Å². The van der Waals surface area contributed by atoms with Crippen molar-refractivity contribution >= 4 is 42.1 Å². The fraction of sp³-hybridized carbons (Fsp3) is 0.714. The maximum atomic E-state index is 12.5. The van der Waals surface area contributed by atoms with Crippen molar-refractivity contribution in [3.63, 3.8) is 0 Å². The first kappa shape index (κ1) is 18.7. The van der Waals surface area contributed by atoms with Crippen LogP contribution < -0.4 is 5.32 Å². The van der Waals surface area contributed by atoms with Crippen LogP contribution in [0.25, 0.3) is 0 Å². The molecule has 4 nitrogen and oxygen atoms in total. The van der Waals surface area contributed by atoms with Crippen molar-refractivity contribution < 1.29 is 4.79 Å². The molecule has 2 fully saturated rings. The largest absolute Gasteiger partial charge is 0.340 e. The summed E-state index contributed by atoms with van der Waals surface area (Å²) in [5, 5.41) is 4.45. The number of hydrogen-bond acceptors (Lipinski definition) is 4. The van der Waals surface area contributed by atoms with Crippen LogP contribution in [-0.2, 0) is 11.3 Å². The third-order valence-electron chi connectivity index (χ3n) is 4.53. The SMILES string of the molecule is Cc1ncc(CN(C)C(=O)C2CC23CCNCC3)s1.Cl.Cl. The van der Waals surface area contributed by atoms with Gasteiger partial charge in [0.2, 0.25) is 5.91 Å². The van der Waals surface area contributed by atoms with E-state index in [2.05, 4.69) is 10.3 Å². The summed E-state index contributed by atoms with van der Waals surface area (Å²) in [4.78, 5) is 19.8. The Kier molecular flexibility index (Phi) is 6.47. The highest BCUT2D eigenvalue weighted by Gasteiger charge is 2.58. The van der Waals surface area contributed by atoms with Gasteiger partial charge in [0.15, 0.2) is 0 Å². The van der Waals surface area contributed by atoms with Gasteiger partial charge >= 0.3 is 0 Å². The Morgan fingerprint density at radius 1 is 1.48 bits per heavy atom. The van der Waals surface area contributed by atoms with Crippen LogP contribution in [0.2, 0.25) is 0 Å². The van der Waals surface area contributed by atoms with E-state index in [0.717, 1.165) is 37.4 Å². The average molecular weight is 352 g/mol. The van der Waals surface area contributed by atoms with Gasteiger partial charge in [0.05, 0.1) is 11.6 Å². The first-order chi connectivity index (χ1) is 9.11. The number of thiazole rings is 1. The van der Waals surface area contributed by atoms with Crippen LogP contribution in [0.1, 0.15) is 29.1 Å². The lowest BCUT2D eigenvalue weighted by atomic mass is 9.91. The molecule has 1 aromatic heterocycles. The van der Waals surface area contributed by atoms with E-state index in [1.54, 1.807) is 11.3 Å². The number of nitrogens with one attached hydrogen (secondary N) is 1. The van der Waals surface area contributed by atoms with Crippen molar-refractivity contribution in [1.29, 1.82) is 0 Å². The Bertz CT molecular complexity index is 488. The molecule has 1 amide bonds. The van der Waals surface area contributed by atoms with Crippen LogP contribution in [0.5, 0.6) is 0 Å². The Balaban J connectivity index is 0.00000110. The number of piperidine rings is 1. The molecule has 1 unspecified atom stereocenters. The van der Waals surface area contributed by atoms with Crippen molar-refractivity contribution in [3.8, 4) is 0 Å². The fourth-order valence-electron chi connectivity index (χ4n) is 3.23. The summed E-state index contributed by atoms with van der Waals surface area (Å²) in [7, 11) is 1.92. The predicted molar refractivity (Wildman–Crippen MR) is 90.5 cm³/mol. The topological polar surface area (TPSA) is 45.2 Å². The highest BCUT2D eigenvalue weighted by molar-refractivity contribution is 7.11. The standard InChI is InChI=1S/C14H21N3OS.2ClH/c1-10-16-8-11(19-10)9-17(2)13(18)12-7-14(12)3-5-15-6-4-14;;/h8,12,15H,3-7,9H2,1-2H3;2*1H. The molecule has 1 aliphatic heterocycles. The molecule has 1 aliphatic carbocycles. The van der Waals surface area contributed by atoms with Gasteiger partial charge in [-0.15, -0.1) is 36.2 Å². The molecule has 2 heterocycles. The molecule has 1 aromatic rings. The Morgan fingerprint density at radius 2 is 2.14 bits per heavy atom. The van der Waals surface area contributed by atoms with Crippen LogP contribution in [0, 0.1) is 18.3 Å². The molecule has 1 saturated heterocycles. The van der Waals surface area contributed by atoms with E-state index < -0.39 is 0 Å². The lowest BCUT2D eigenvalue weighted by Crippen LogP contribution is -2.34. The molecule has 0 aromatic carbocycles. The van der Waals surface area contributed by atoms with Gasteiger partial charge in [0, 0.05) is 24.0 Å². The molecule has 0 bridgehead atoms. The third-order valence-corrected chi connectivity index (χ3v) is 5.42. The number of aryl methyl sites for hydroxylation is 1. The number of rotatable bonds is 3. The van der Waals surface area contributed by atoms with Crippen LogP contribution in [-0.4, -0.2) is 35.9 Å².